The Morgan fingerprint density at radius 1 is 1.10 bits per heavy atom. The van der Waals surface area contributed by atoms with Crippen LogP contribution in [0, 0.1) is 11.8 Å². The van der Waals surface area contributed by atoms with Crippen molar-refractivity contribution in [1.29, 1.82) is 0 Å². The number of benzene rings is 2. The summed E-state index contributed by atoms with van der Waals surface area (Å²) in [5.74, 6) is 6.68. The number of hydrogen-bond donors (Lipinski definition) is 1. The number of allylic oxidation sites excluding steroid dienone is 1. The molecule has 2 aromatic rings. The van der Waals surface area contributed by atoms with E-state index >= 15 is 0 Å². The lowest BCUT2D eigenvalue weighted by molar-refractivity contribution is 0.229. The van der Waals surface area contributed by atoms with Crippen molar-refractivity contribution in [1.82, 2.24) is 0 Å². The number of methoxy groups -OCH3 is 1. The summed E-state index contributed by atoms with van der Waals surface area (Å²) in [6.07, 6.45) is 2.59. The van der Waals surface area contributed by atoms with Gasteiger partial charge in [-0.05, 0) is 54.1 Å². The largest absolute Gasteiger partial charge is 0.497 e. The molecule has 0 spiro atoms. The van der Waals surface area contributed by atoms with Gasteiger partial charge in [0.2, 0.25) is 0 Å². The minimum Gasteiger partial charge on any atom is -0.497 e. The molecule has 0 radical (unpaired) electrons. The fraction of sp³-hybridized carbons (Fsp3) is 0.111. The Morgan fingerprint density at radius 3 is 2.38 bits per heavy atom. The standard InChI is InChI=1S/C18H15ClO2/c1-21-17-12-6-14(7-13-17)4-2-3-5-18(20)15-8-10-16(19)11-9-15/h3,5-13,18,20H,1H3/b5-3-. The number of rotatable bonds is 3. The van der Waals surface area contributed by atoms with E-state index in [0.29, 0.717) is 5.02 Å². The molecule has 0 aliphatic carbocycles. The second kappa shape index (κ2) is 7.54. The van der Waals surface area contributed by atoms with Crippen LogP contribution in [0.4, 0.5) is 0 Å². The molecule has 1 atom stereocenters. The first kappa shape index (κ1) is 15.2. The minimum absolute atomic E-state index is 0.647. The van der Waals surface area contributed by atoms with Crippen molar-refractivity contribution >= 4 is 11.6 Å². The Morgan fingerprint density at radius 2 is 1.76 bits per heavy atom. The molecule has 2 rings (SSSR count). The highest BCUT2D eigenvalue weighted by Gasteiger charge is 2.01. The highest BCUT2D eigenvalue weighted by molar-refractivity contribution is 6.30. The van der Waals surface area contributed by atoms with Gasteiger partial charge in [-0.15, -0.1) is 0 Å². The highest BCUT2D eigenvalue weighted by atomic mass is 35.5. The summed E-state index contributed by atoms with van der Waals surface area (Å²) in [6, 6.07) is 14.5. The Labute approximate surface area is 129 Å². The van der Waals surface area contributed by atoms with Crippen molar-refractivity contribution in [3.05, 3.63) is 76.8 Å². The normalized spacial score (nSPS) is 11.8. The van der Waals surface area contributed by atoms with Crippen LogP contribution < -0.4 is 4.74 Å². The van der Waals surface area contributed by atoms with E-state index in [1.54, 1.807) is 43.5 Å². The van der Waals surface area contributed by atoms with Crippen LogP contribution in [0.1, 0.15) is 17.2 Å². The van der Waals surface area contributed by atoms with Gasteiger partial charge >= 0.3 is 0 Å². The molecule has 0 aliphatic rings. The molecule has 0 fully saturated rings. The van der Waals surface area contributed by atoms with Crippen LogP contribution in [0.25, 0.3) is 0 Å². The van der Waals surface area contributed by atoms with Crippen LogP contribution in [-0.4, -0.2) is 12.2 Å². The lowest BCUT2D eigenvalue weighted by Gasteiger charge is -2.04. The molecule has 0 aromatic heterocycles. The topological polar surface area (TPSA) is 29.5 Å². The molecular formula is C18H15ClO2. The minimum atomic E-state index is -0.688. The zero-order valence-corrected chi connectivity index (χ0v) is 12.3. The van der Waals surface area contributed by atoms with Gasteiger partial charge in [0, 0.05) is 10.6 Å². The second-order valence-electron chi connectivity index (χ2n) is 4.35. The second-order valence-corrected chi connectivity index (χ2v) is 4.79. The molecule has 2 nitrogen and oxygen atoms in total. The van der Waals surface area contributed by atoms with Gasteiger partial charge in [0.1, 0.15) is 5.75 Å². The van der Waals surface area contributed by atoms with E-state index < -0.39 is 6.10 Å². The van der Waals surface area contributed by atoms with Crippen LogP contribution in [-0.2, 0) is 0 Å². The lowest BCUT2D eigenvalue weighted by atomic mass is 10.1. The average Bonchev–Trinajstić information content (AvgIpc) is 2.52. The molecule has 0 aliphatic heterocycles. The summed E-state index contributed by atoms with van der Waals surface area (Å²) in [7, 11) is 1.63. The van der Waals surface area contributed by atoms with Crippen LogP contribution in [0.3, 0.4) is 0 Å². The van der Waals surface area contributed by atoms with E-state index in [1.807, 2.05) is 24.3 Å². The van der Waals surface area contributed by atoms with E-state index in [0.717, 1.165) is 16.9 Å². The molecule has 0 saturated carbocycles. The van der Waals surface area contributed by atoms with Gasteiger partial charge in [-0.2, -0.15) is 0 Å². The predicted octanol–water partition coefficient (Wildman–Crippen LogP) is 3.99. The van der Waals surface area contributed by atoms with Crippen LogP contribution in [0.5, 0.6) is 5.75 Å². The summed E-state index contributed by atoms with van der Waals surface area (Å²) in [5.41, 5.74) is 1.67. The van der Waals surface area contributed by atoms with Gasteiger partial charge in [-0.3, -0.25) is 0 Å². The Hall–Kier alpha value is -2.21. The molecule has 0 amide bonds. The molecule has 106 valence electrons. The zero-order chi connectivity index (χ0) is 15.1. The number of halogens is 1. The van der Waals surface area contributed by atoms with E-state index in [9.17, 15) is 5.11 Å². The fourth-order valence-electron chi connectivity index (χ4n) is 1.71. The van der Waals surface area contributed by atoms with Crippen molar-refractivity contribution < 1.29 is 9.84 Å². The molecule has 1 N–H and O–H groups in total. The molecule has 1 unspecified atom stereocenters. The maximum absolute atomic E-state index is 9.96. The van der Waals surface area contributed by atoms with Gasteiger partial charge < -0.3 is 9.84 Å². The van der Waals surface area contributed by atoms with E-state index in [1.165, 1.54) is 0 Å². The SMILES string of the molecule is COc1ccc(C#C/C=C\C(O)c2ccc(Cl)cc2)cc1. The summed E-state index contributed by atoms with van der Waals surface area (Å²) >= 11 is 5.80. The number of aliphatic hydroxyl groups is 1. The monoisotopic (exact) mass is 298 g/mol. The van der Waals surface area contributed by atoms with Gasteiger partial charge in [0.05, 0.1) is 13.2 Å². The maximum atomic E-state index is 9.96. The maximum Gasteiger partial charge on any atom is 0.118 e. The third kappa shape index (κ3) is 4.68. The fourth-order valence-corrected chi connectivity index (χ4v) is 1.84. The molecule has 0 saturated heterocycles. The molecule has 0 bridgehead atoms. The summed E-state index contributed by atoms with van der Waals surface area (Å²) in [5, 5.41) is 10.6. The molecule has 0 heterocycles. The Balaban J connectivity index is 1.98. The molecule has 2 aromatic carbocycles. The Bertz CT molecular complexity index is 661. The van der Waals surface area contributed by atoms with Gasteiger partial charge in [0.25, 0.3) is 0 Å². The van der Waals surface area contributed by atoms with Crippen LogP contribution in [0.2, 0.25) is 5.02 Å². The molecule has 21 heavy (non-hydrogen) atoms. The first-order valence-electron chi connectivity index (χ1n) is 6.45. The van der Waals surface area contributed by atoms with Crippen molar-refractivity contribution in [2.75, 3.05) is 7.11 Å². The number of ether oxygens (including phenoxy) is 1. The third-order valence-electron chi connectivity index (χ3n) is 2.88. The smallest absolute Gasteiger partial charge is 0.118 e. The van der Waals surface area contributed by atoms with Gasteiger partial charge in [-0.1, -0.05) is 35.6 Å². The van der Waals surface area contributed by atoms with Crippen LogP contribution >= 0.6 is 11.6 Å². The highest BCUT2D eigenvalue weighted by Crippen LogP contribution is 2.17. The first-order chi connectivity index (χ1) is 10.2. The summed E-state index contributed by atoms with van der Waals surface area (Å²) < 4.78 is 5.08. The van der Waals surface area contributed by atoms with Crippen molar-refractivity contribution in [2.24, 2.45) is 0 Å². The van der Waals surface area contributed by atoms with Gasteiger partial charge in [-0.25, -0.2) is 0 Å². The quantitative estimate of drug-likeness (QED) is 0.868. The van der Waals surface area contributed by atoms with Crippen molar-refractivity contribution in [3.63, 3.8) is 0 Å². The van der Waals surface area contributed by atoms with Gasteiger partial charge in [0.15, 0.2) is 0 Å². The molecular weight excluding hydrogens is 284 g/mol. The van der Waals surface area contributed by atoms with Crippen molar-refractivity contribution in [2.45, 2.75) is 6.10 Å². The Kier molecular flexibility index (Phi) is 5.45. The van der Waals surface area contributed by atoms with Crippen molar-refractivity contribution in [3.8, 4) is 17.6 Å². The predicted molar refractivity (Wildman–Crippen MR) is 85.4 cm³/mol. The van der Waals surface area contributed by atoms with Crippen LogP contribution in [0.15, 0.2) is 60.7 Å². The van der Waals surface area contributed by atoms with E-state index in [-0.39, 0.29) is 0 Å². The lowest BCUT2D eigenvalue weighted by Crippen LogP contribution is -1.91. The third-order valence-corrected chi connectivity index (χ3v) is 3.13. The number of aliphatic hydroxyl groups excluding tert-OH is 1. The van der Waals surface area contributed by atoms with E-state index in [2.05, 4.69) is 11.8 Å². The summed E-state index contributed by atoms with van der Waals surface area (Å²) in [6.45, 7) is 0. The average molecular weight is 299 g/mol. The zero-order valence-electron chi connectivity index (χ0n) is 11.6. The first-order valence-corrected chi connectivity index (χ1v) is 6.82. The molecule has 3 heteroatoms. The number of hydrogen-bond acceptors (Lipinski definition) is 2. The van der Waals surface area contributed by atoms with E-state index in [4.69, 9.17) is 16.3 Å². The summed E-state index contributed by atoms with van der Waals surface area (Å²) in [4.78, 5) is 0.